The number of β-amino-alcohol motifs (C(OH)–C–C–N with tert-alkyl or cyclic N) is 1. The summed E-state index contributed by atoms with van der Waals surface area (Å²) in [6, 6.07) is 0.188. The molecule has 3 N–H and O–H groups in total. The van der Waals surface area contributed by atoms with Crippen LogP contribution in [0.2, 0.25) is 0 Å². The second kappa shape index (κ2) is 5.58. The summed E-state index contributed by atoms with van der Waals surface area (Å²) in [4.78, 5) is 12.3. The molecule has 2 atom stereocenters. The van der Waals surface area contributed by atoms with Crippen LogP contribution in [0.3, 0.4) is 0 Å². The van der Waals surface area contributed by atoms with Gasteiger partial charge >= 0.3 is 0 Å². The first-order valence-electron chi connectivity index (χ1n) is 6.26. The Hall–Kier alpha value is -1.60. The normalized spacial score (nSPS) is 23.1. The van der Waals surface area contributed by atoms with E-state index < -0.39 is 0 Å². The van der Waals surface area contributed by atoms with Crippen LogP contribution in [-0.2, 0) is 0 Å². The van der Waals surface area contributed by atoms with Crippen molar-refractivity contribution >= 4 is 11.6 Å². The molecule has 7 nitrogen and oxygen atoms in total. The van der Waals surface area contributed by atoms with Crippen LogP contribution in [0.1, 0.15) is 6.42 Å². The molecule has 1 aromatic heterocycles. The number of aliphatic hydroxyl groups excluding tert-OH is 1. The van der Waals surface area contributed by atoms with E-state index in [1.165, 1.54) is 6.33 Å². The number of nitrogens with zero attached hydrogens (tertiary/aromatic N) is 4. The highest BCUT2D eigenvalue weighted by molar-refractivity contribution is 5.63. The molecule has 0 bridgehead atoms. The lowest BCUT2D eigenvalue weighted by Crippen LogP contribution is -2.38. The zero-order chi connectivity index (χ0) is 14.0. The Kier molecular flexibility index (Phi) is 4.06. The number of methoxy groups -OCH3 is 1. The SMILES string of the molecule is COc1c(N)ncnc1N1CC(O)CC1CN(C)C. The molecule has 106 valence electrons. The minimum Gasteiger partial charge on any atom is -0.490 e. The van der Waals surface area contributed by atoms with Crippen LogP contribution in [0, 0.1) is 0 Å². The van der Waals surface area contributed by atoms with Crippen LogP contribution in [0.4, 0.5) is 11.6 Å². The molecule has 2 unspecified atom stereocenters. The summed E-state index contributed by atoms with van der Waals surface area (Å²) in [5, 5.41) is 9.90. The quantitative estimate of drug-likeness (QED) is 0.765. The largest absolute Gasteiger partial charge is 0.490 e. The molecule has 0 spiro atoms. The van der Waals surface area contributed by atoms with Gasteiger partial charge in [-0.3, -0.25) is 0 Å². The van der Waals surface area contributed by atoms with Crippen molar-refractivity contribution < 1.29 is 9.84 Å². The molecule has 2 heterocycles. The monoisotopic (exact) mass is 267 g/mol. The maximum absolute atomic E-state index is 9.90. The lowest BCUT2D eigenvalue weighted by Gasteiger charge is -2.28. The number of anilines is 2. The molecule has 2 rings (SSSR count). The van der Waals surface area contributed by atoms with Gasteiger partial charge in [-0.15, -0.1) is 0 Å². The van der Waals surface area contributed by atoms with Crippen molar-refractivity contribution in [1.29, 1.82) is 0 Å². The minimum absolute atomic E-state index is 0.188. The van der Waals surface area contributed by atoms with Crippen LogP contribution in [0.5, 0.6) is 5.75 Å². The zero-order valence-electron chi connectivity index (χ0n) is 11.6. The highest BCUT2D eigenvalue weighted by Gasteiger charge is 2.34. The van der Waals surface area contributed by atoms with Gasteiger partial charge in [-0.1, -0.05) is 0 Å². The van der Waals surface area contributed by atoms with Gasteiger partial charge in [-0.05, 0) is 20.5 Å². The number of aliphatic hydroxyl groups is 1. The summed E-state index contributed by atoms with van der Waals surface area (Å²) < 4.78 is 5.29. The fraction of sp³-hybridized carbons (Fsp3) is 0.667. The average molecular weight is 267 g/mol. The van der Waals surface area contributed by atoms with Crippen molar-refractivity contribution in [3.63, 3.8) is 0 Å². The van der Waals surface area contributed by atoms with Gasteiger partial charge in [-0.2, -0.15) is 0 Å². The van der Waals surface area contributed by atoms with E-state index in [0.29, 0.717) is 30.4 Å². The van der Waals surface area contributed by atoms with Crippen molar-refractivity contribution in [1.82, 2.24) is 14.9 Å². The summed E-state index contributed by atoms with van der Waals surface area (Å²) in [5.74, 6) is 1.44. The van der Waals surface area contributed by atoms with Gasteiger partial charge in [0.2, 0.25) is 5.75 Å². The first kappa shape index (κ1) is 13.8. The van der Waals surface area contributed by atoms with Gasteiger partial charge in [0.05, 0.1) is 13.2 Å². The van der Waals surface area contributed by atoms with Crippen LogP contribution in [-0.4, -0.2) is 66.4 Å². The van der Waals surface area contributed by atoms with Crippen molar-refractivity contribution in [2.45, 2.75) is 18.6 Å². The highest BCUT2D eigenvalue weighted by atomic mass is 16.5. The molecule has 0 amide bonds. The van der Waals surface area contributed by atoms with E-state index in [2.05, 4.69) is 14.9 Å². The number of nitrogen functional groups attached to an aromatic ring is 1. The lowest BCUT2D eigenvalue weighted by atomic mass is 10.2. The molecule has 1 saturated heterocycles. The van der Waals surface area contributed by atoms with Crippen LogP contribution in [0.15, 0.2) is 6.33 Å². The number of likely N-dealkylation sites (N-methyl/N-ethyl adjacent to an activating group) is 1. The van der Waals surface area contributed by atoms with Crippen LogP contribution in [0.25, 0.3) is 0 Å². The molecule has 1 fully saturated rings. The van der Waals surface area contributed by atoms with E-state index in [1.807, 2.05) is 19.0 Å². The van der Waals surface area contributed by atoms with Crippen LogP contribution >= 0.6 is 0 Å². The molecule has 0 aromatic carbocycles. The summed E-state index contributed by atoms with van der Waals surface area (Å²) in [6.07, 6.45) is 1.78. The molecule has 1 aliphatic rings. The molecule has 1 aliphatic heterocycles. The molecule has 0 radical (unpaired) electrons. The number of nitrogens with two attached hydrogens (primary N) is 1. The van der Waals surface area contributed by atoms with Crippen molar-refractivity contribution in [2.24, 2.45) is 0 Å². The number of hydrogen-bond donors (Lipinski definition) is 2. The molecule has 0 saturated carbocycles. The summed E-state index contributed by atoms with van der Waals surface area (Å²) in [6.45, 7) is 1.37. The second-order valence-corrected chi connectivity index (χ2v) is 5.07. The Bertz CT molecular complexity index is 440. The van der Waals surface area contributed by atoms with Crippen molar-refractivity contribution in [3.8, 4) is 5.75 Å². The summed E-state index contributed by atoms with van der Waals surface area (Å²) in [5.41, 5.74) is 5.81. The Labute approximate surface area is 113 Å². The average Bonchev–Trinajstić information content (AvgIpc) is 2.68. The number of rotatable bonds is 4. The third kappa shape index (κ3) is 2.87. The first-order valence-corrected chi connectivity index (χ1v) is 6.26. The van der Waals surface area contributed by atoms with E-state index in [0.717, 1.165) is 6.54 Å². The van der Waals surface area contributed by atoms with Gasteiger partial charge in [0.1, 0.15) is 6.33 Å². The summed E-state index contributed by atoms with van der Waals surface area (Å²) in [7, 11) is 5.56. The van der Waals surface area contributed by atoms with Crippen LogP contribution < -0.4 is 15.4 Å². The fourth-order valence-corrected chi connectivity index (χ4v) is 2.52. The molecular weight excluding hydrogens is 246 g/mol. The minimum atomic E-state index is -0.356. The number of aromatic nitrogens is 2. The topological polar surface area (TPSA) is 87.7 Å². The molecule has 19 heavy (non-hydrogen) atoms. The second-order valence-electron chi connectivity index (χ2n) is 5.07. The van der Waals surface area contributed by atoms with Crippen molar-refractivity contribution in [2.75, 3.05) is 44.9 Å². The van der Waals surface area contributed by atoms with Gasteiger partial charge in [0, 0.05) is 19.1 Å². The Balaban J connectivity index is 2.31. The molecule has 7 heteroatoms. The Morgan fingerprint density at radius 3 is 2.89 bits per heavy atom. The molecular formula is C12H21N5O2. The maximum Gasteiger partial charge on any atom is 0.204 e. The standard InChI is InChI=1S/C12H21N5O2/c1-16(2)5-8-4-9(18)6-17(8)12-10(19-3)11(13)14-7-15-12/h7-9,18H,4-6H2,1-3H3,(H2,13,14,15). The van der Waals surface area contributed by atoms with Gasteiger partial charge in [-0.25, -0.2) is 9.97 Å². The number of hydrogen-bond acceptors (Lipinski definition) is 7. The Morgan fingerprint density at radius 1 is 1.53 bits per heavy atom. The fourth-order valence-electron chi connectivity index (χ4n) is 2.52. The lowest BCUT2D eigenvalue weighted by molar-refractivity contribution is 0.191. The van der Waals surface area contributed by atoms with E-state index in [9.17, 15) is 5.11 Å². The smallest absolute Gasteiger partial charge is 0.204 e. The highest BCUT2D eigenvalue weighted by Crippen LogP contribution is 2.34. The maximum atomic E-state index is 9.90. The zero-order valence-corrected chi connectivity index (χ0v) is 11.6. The van der Waals surface area contributed by atoms with Gasteiger partial charge < -0.3 is 25.4 Å². The van der Waals surface area contributed by atoms with Gasteiger partial charge in [0.15, 0.2) is 11.6 Å². The molecule has 0 aliphatic carbocycles. The summed E-state index contributed by atoms with van der Waals surface area (Å²) >= 11 is 0. The predicted molar refractivity (Wildman–Crippen MR) is 73.3 cm³/mol. The van der Waals surface area contributed by atoms with E-state index in [4.69, 9.17) is 10.5 Å². The first-order chi connectivity index (χ1) is 9.02. The Morgan fingerprint density at radius 2 is 2.26 bits per heavy atom. The third-order valence-corrected chi connectivity index (χ3v) is 3.26. The predicted octanol–water partition coefficient (Wildman–Crippen LogP) is -0.431. The van der Waals surface area contributed by atoms with E-state index >= 15 is 0 Å². The molecule has 1 aromatic rings. The number of ether oxygens (including phenoxy) is 1. The van der Waals surface area contributed by atoms with E-state index in [-0.39, 0.29) is 12.1 Å². The van der Waals surface area contributed by atoms with E-state index in [1.54, 1.807) is 7.11 Å². The van der Waals surface area contributed by atoms with Crippen molar-refractivity contribution in [3.05, 3.63) is 6.33 Å². The van der Waals surface area contributed by atoms with Gasteiger partial charge in [0.25, 0.3) is 0 Å². The third-order valence-electron chi connectivity index (χ3n) is 3.26.